The van der Waals surface area contributed by atoms with Crippen LogP contribution < -0.4 is 0 Å². The van der Waals surface area contributed by atoms with Crippen LogP contribution in [0.2, 0.25) is 0 Å². The zero-order valence-corrected chi connectivity index (χ0v) is 25.0. The molecule has 2 fully saturated rings. The normalized spacial score (nSPS) is 26.0. The first-order valence-corrected chi connectivity index (χ1v) is 14.3. The van der Waals surface area contributed by atoms with Gasteiger partial charge in [-0.1, -0.05) is 34.3 Å². The fourth-order valence-electron chi connectivity index (χ4n) is 7.09. The highest BCUT2D eigenvalue weighted by Gasteiger charge is 2.72. The summed E-state index contributed by atoms with van der Waals surface area (Å²) < 4.78 is 99.4. The van der Waals surface area contributed by atoms with E-state index in [1.165, 1.54) is 6.92 Å². The molecule has 5 unspecified atom stereocenters. The Hall–Kier alpha value is -1.37. The number of hydrogen-bond acceptors (Lipinski definition) is 6. The zero-order chi connectivity index (χ0) is 31.8. The maximum atomic E-state index is 13.6. The summed E-state index contributed by atoms with van der Waals surface area (Å²) in [5.41, 5.74) is -8.50. The van der Waals surface area contributed by atoms with Crippen molar-refractivity contribution in [2.24, 2.45) is 23.7 Å². The molecule has 2 rings (SSSR count). The van der Waals surface area contributed by atoms with Gasteiger partial charge in [-0.25, -0.2) is 4.79 Å². The van der Waals surface area contributed by atoms with E-state index in [-0.39, 0.29) is 36.9 Å². The van der Waals surface area contributed by atoms with Gasteiger partial charge in [0.2, 0.25) is 0 Å². The SMILES string of the molecule is C=C(C)C(=O)OC1CC2CC1C(C(CC)(CC)OCC(C)(C)O)C2C(CC)(CC)OCC(O)(C(F)(F)F)C(F)(F)F. The molecule has 2 bridgehead atoms. The minimum Gasteiger partial charge on any atom is -0.459 e. The Morgan fingerprint density at radius 3 is 1.63 bits per heavy atom. The van der Waals surface area contributed by atoms with Gasteiger partial charge in [0, 0.05) is 17.4 Å². The summed E-state index contributed by atoms with van der Waals surface area (Å²) >= 11 is 0. The van der Waals surface area contributed by atoms with E-state index in [0.29, 0.717) is 25.7 Å². The highest BCUT2D eigenvalue weighted by molar-refractivity contribution is 5.87. The van der Waals surface area contributed by atoms with Gasteiger partial charge in [0.05, 0.1) is 30.0 Å². The van der Waals surface area contributed by atoms with Crippen LogP contribution in [0.15, 0.2) is 12.2 Å². The Kier molecular flexibility index (Phi) is 10.8. The van der Waals surface area contributed by atoms with Crippen molar-refractivity contribution in [2.45, 2.75) is 128 Å². The number of esters is 1. The third-order valence-corrected chi connectivity index (χ3v) is 9.38. The number of ether oxygens (including phenoxy) is 3. The van der Waals surface area contributed by atoms with Crippen LogP contribution in [0, 0.1) is 23.7 Å². The number of halogens is 6. The summed E-state index contributed by atoms with van der Waals surface area (Å²) in [6.07, 6.45) is -10.7. The smallest absolute Gasteiger partial charge is 0.428 e. The lowest BCUT2D eigenvalue weighted by Crippen LogP contribution is -2.63. The van der Waals surface area contributed by atoms with E-state index >= 15 is 0 Å². The van der Waals surface area contributed by atoms with Crippen molar-refractivity contribution in [3.8, 4) is 0 Å². The fraction of sp³-hybridized carbons (Fsp3) is 0.897. The van der Waals surface area contributed by atoms with E-state index in [9.17, 15) is 41.4 Å². The molecule has 240 valence electrons. The van der Waals surface area contributed by atoms with Crippen molar-refractivity contribution in [1.82, 2.24) is 0 Å². The number of fused-ring (bicyclic) bond motifs is 2. The second-order valence-electron chi connectivity index (χ2n) is 12.5. The van der Waals surface area contributed by atoms with Crippen LogP contribution in [0.3, 0.4) is 0 Å². The molecule has 0 radical (unpaired) electrons. The molecule has 0 aromatic heterocycles. The molecule has 12 heteroatoms. The van der Waals surface area contributed by atoms with Gasteiger partial charge < -0.3 is 24.4 Å². The molecule has 0 amide bonds. The van der Waals surface area contributed by atoms with Gasteiger partial charge in [0.25, 0.3) is 5.60 Å². The molecule has 6 nitrogen and oxygen atoms in total. The van der Waals surface area contributed by atoms with E-state index in [0.717, 1.165) is 0 Å². The predicted molar refractivity (Wildman–Crippen MR) is 140 cm³/mol. The molecule has 2 aliphatic rings. The van der Waals surface area contributed by atoms with Crippen molar-refractivity contribution < 1.29 is 55.6 Å². The summed E-state index contributed by atoms with van der Waals surface area (Å²) in [5.74, 6) is -2.23. The molecular formula is C29H46F6O6. The van der Waals surface area contributed by atoms with Gasteiger partial charge in [-0.05, 0) is 71.1 Å². The average molecular weight is 605 g/mol. The van der Waals surface area contributed by atoms with Crippen molar-refractivity contribution in [2.75, 3.05) is 13.2 Å². The van der Waals surface area contributed by atoms with E-state index in [1.807, 2.05) is 13.8 Å². The molecule has 0 heterocycles. The van der Waals surface area contributed by atoms with Gasteiger partial charge in [-0.3, -0.25) is 0 Å². The number of aliphatic hydroxyl groups is 2. The molecule has 2 aliphatic carbocycles. The van der Waals surface area contributed by atoms with Gasteiger partial charge in [-0.15, -0.1) is 0 Å². The zero-order valence-electron chi connectivity index (χ0n) is 25.0. The standard InChI is InChI=1S/C29H46F6O6/c1-9-25(10-2,40-16-27(38,28(30,31)32)29(33,34)35)21-18-13-19(20(14-18)41-23(36)17(5)6)22(21)26(11-3,12-4)39-15-24(7,8)37/h18-22,37-38H,5,9-16H2,1-4,6-8H3. The molecule has 0 spiro atoms. The Labute approximate surface area is 238 Å². The van der Waals surface area contributed by atoms with E-state index in [2.05, 4.69) is 6.58 Å². The van der Waals surface area contributed by atoms with E-state index < -0.39 is 65.3 Å². The lowest BCUT2D eigenvalue weighted by molar-refractivity contribution is -0.385. The Morgan fingerprint density at radius 2 is 1.24 bits per heavy atom. The fourth-order valence-corrected chi connectivity index (χ4v) is 7.09. The van der Waals surface area contributed by atoms with Gasteiger partial charge in [-0.2, -0.15) is 26.3 Å². The summed E-state index contributed by atoms with van der Waals surface area (Å²) in [4.78, 5) is 12.5. The highest BCUT2D eigenvalue weighted by Crippen LogP contribution is 2.63. The first-order valence-electron chi connectivity index (χ1n) is 14.3. The number of alkyl halides is 6. The Morgan fingerprint density at radius 1 is 0.805 bits per heavy atom. The Bertz CT molecular complexity index is 902. The predicted octanol–water partition coefficient (Wildman–Crippen LogP) is 6.52. The van der Waals surface area contributed by atoms with Crippen LogP contribution in [-0.4, -0.2) is 70.3 Å². The molecule has 0 saturated heterocycles. The van der Waals surface area contributed by atoms with Crippen LogP contribution in [-0.2, 0) is 19.0 Å². The number of carbonyl (C=O) groups excluding carboxylic acids is 1. The molecule has 5 atom stereocenters. The maximum absolute atomic E-state index is 13.6. The first kappa shape index (κ1) is 35.8. The number of rotatable bonds is 14. The first-order chi connectivity index (χ1) is 18.6. The molecule has 0 aromatic carbocycles. The van der Waals surface area contributed by atoms with Crippen molar-refractivity contribution in [3.63, 3.8) is 0 Å². The summed E-state index contributed by atoms with van der Waals surface area (Å²) in [6, 6.07) is 0. The van der Waals surface area contributed by atoms with Crippen LogP contribution in [0.1, 0.15) is 87.0 Å². The average Bonchev–Trinajstić information content (AvgIpc) is 3.43. The largest absolute Gasteiger partial charge is 0.459 e. The van der Waals surface area contributed by atoms with Crippen LogP contribution >= 0.6 is 0 Å². The monoisotopic (exact) mass is 604 g/mol. The molecule has 2 saturated carbocycles. The summed E-state index contributed by atoms with van der Waals surface area (Å²) in [5, 5.41) is 20.4. The van der Waals surface area contributed by atoms with E-state index in [1.54, 1.807) is 27.7 Å². The molecule has 41 heavy (non-hydrogen) atoms. The van der Waals surface area contributed by atoms with Crippen LogP contribution in [0.4, 0.5) is 26.3 Å². The van der Waals surface area contributed by atoms with Gasteiger partial charge in [0.15, 0.2) is 0 Å². The Balaban J connectivity index is 2.64. The molecule has 2 N–H and O–H groups in total. The number of hydrogen-bond donors (Lipinski definition) is 2. The van der Waals surface area contributed by atoms with Crippen LogP contribution in [0.5, 0.6) is 0 Å². The van der Waals surface area contributed by atoms with Crippen LogP contribution in [0.25, 0.3) is 0 Å². The molecule has 0 aliphatic heterocycles. The quantitative estimate of drug-likeness (QED) is 0.133. The van der Waals surface area contributed by atoms with Crippen molar-refractivity contribution in [1.29, 1.82) is 0 Å². The minimum atomic E-state index is -6.01. The topological polar surface area (TPSA) is 85.2 Å². The summed E-state index contributed by atoms with van der Waals surface area (Å²) in [6.45, 7) is 13.2. The van der Waals surface area contributed by atoms with Gasteiger partial charge in [0.1, 0.15) is 6.10 Å². The highest BCUT2D eigenvalue weighted by atomic mass is 19.4. The van der Waals surface area contributed by atoms with E-state index in [4.69, 9.17) is 14.2 Å². The summed E-state index contributed by atoms with van der Waals surface area (Å²) in [7, 11) is 0. The minimum absolute atomic E-state index is 0.0699. The third-order valence-electron chi connectivity index (χ3n) is 9.38. The molecular weight excluding hydrogens is 558 g/mol. The maximum Gasteiger partial charge on any atom is 0.428 e. The van der Waals surface area contributed by atoms with Crippen molar-refractivity contribution in [3.05, 3.63) is 12.2 Å². The third kappa shape index (κ3) is 6.91. The lowest BCUT2D eigenvalue weighted by Gasteiger charge is -2.54. The second-order valence-corrected chi connectivity index (χ2v) is 12.5. The molecule has 0 aromatic rings. The second kappa shape index (κ2) is 12.3. The van der Waals surface area contributed by atoms with Crippen molar-refractivity contribution >= 4 is 5.97 Å². The lowest BCUT2D eigenvalue weighted by atomic mass is 9.60. The van der Waals surface area contributed by atoms with Gasteiger partial charge >= 0.3 is 18.3 Å². The number of carbonyl (C=O) groups is 1.